The highest BCUT2D eigenvalue weighted by atomic mass is 32.1. The third-order valence-electron chi connectivity index (χ3n) is 6.30. The van der Waals surface area contributed by atoms with E-state index in [1.165, 1.54) is 16.0 Å². The van der Waals surface area contributed by atoms with E-state index < -0.39 is 5.56 Å². The molecule has 2 aromatic heterocycles. The number of carbonyl (C=O) groups is 2. The van der Waals surface area contributed by atoms with Gasteiger partial charge in [0.15, 0.2) is 17.3 Å². The van der Waals surface area contributed by atoms with Crippen molar-refractivity contribution in [2.45, 2.75) is 6.92 Å². The van der Waals surface area contributed by atoms with Crippen LogP contribution in [0.15, 0.2) is 87.1 Å². The molecule has 0 atom stereocenters. The fraction of sp³-hybridized carbons (Fsp3) is 0.0714. The van der Waals surface area contributed by atoms with Gasteiger partial charge in [0.05, 0.1) is 29.7 Å². The van der Waals surface area contributed by atoms with Gasteiger partial charge in [-0.15, -0.1) is 21.6 Å². The van der Waals surface area contributed by atoms with E-state index in [0.29, 0.717) is 27.6 Å². The molecule has 10 heteroatoms. The van der Waals surface area contributed by atoms with Crippen molar-refractivity contribution in [1.82, 2.24) is 14.8 Å². The molecule has 2 heterocycles. The summed E-state index contributed by atoms with van der Waals surface area (Å²) in [5, 5.41) is 13.7. The first-order chi connectivity index (χ1) is 18.5. The Kier molecular flexibility index (Phi) is 5.65. The molecule has 186 valence electrons. The second-order valence-electron chi connectivity index (χ2n) is 8.57. The average Bonchev–Trinajstić information content (AvgIpc) is 3.54. The minimum Gasteiger partial charge on any atom is -0.497 e. The van der Waals surface area contributed by atoms with Gasteiger partial charge >= 0.3 is 5.56 Å². The monoisotopic (exact) mass is 521 g/mol. The lowest BCUT2D eigenvalue weighted by atomic mass is 9.83. The summed E-state index contributed by atoms with van der Waals surface area (Å²) in [6.07, 6.45) is 0. The van der Waals surface area contributed by atoms with Crippen LogP contribution in [0.2, 0.25) is 0 Å². The van der Waals surface area contributed by atoms with E-state index in [4.69, 9.17) is 4.74 Å². The third kappa shape index (κ3) is 3.78. The average molecular weight is 522 g/mol. The summed E-state index contributed by atoms with van der Waals surface area (Å²) in [5.74, 6) is 0.191. The van der Waals surface area contributed by atoms with Crippen LogP contribution in [0.4, 0.5) is 11.4 Å². The lowest BCUT2D eigenvalue weighted by molar-refractivity contribution is 0.0979. The topological polar surface area (TPSA) is 119 Å². The molecule has 3 aromatic carbocycles. The number of thiazole rings is 1. The van der Waals surface area contributed by atoms with Crippen LogP contribution in [0.1, 0.15) is 37.5 Å². The van der Waals surface area contributed by atoms with E-state index >= 15 is 0 Å². The van der Waals surface area contributed by atoms with Crippen molar-refractivity contribution in [3.8, 4) is 22.1 Å². The Morgan fingerprint density at radius 1 is 0.868 bits per heavy atom. The maximum atomic E-state index is 13.2. The van der Waals surface area contributed by atoms with Crippen LogP contribution in [0.25, 0.3) is 16.4 Å². The van der Waals surface area contributed by atoms with E-state index in [0.717, 1.165) is 11.3 Å². The minimum absolute atomic E-state index is 0.0822. The molecule has 5 aromatic rings. The number of aromatic amines is 1. The van der Waals surface area contributed by atoms with Crippen LogP contribution in [0.3, 0.4) is 0 Å². The van der Waals surface area contributed by atoms with Crippen LogP contribution in [0, 0.1) is 6.92 Å². The van der Waals surface area contributed by atoms with E-state index in [9.17, 15) is 14.4 Å². The van der Waals surface area contributed by atoms with E-state index in [2.05, 4.69) is 20.3 Å². The van der Waals surface area contributed by atoms with Gasteiger partial charge in [-0.1, -0.05) is 36.4 Å². The van der Waals surface area contributed by atoms with Gasteiger partial charge in [-0.05, 0) is 37.3 Å². The summed E-state index contributed by atoms with van der Waals surface area (Å²) < 4.78 is 6.51. The number of aromatic nitrogens is 3. The molecule has 0 unspecified atom stereocenters. The number of ether oxygens (including phenoxy) is 1. The molecule has 0 fully saturated rings. The van der Waals surface area contributed by atoms with Crippen molar-refractivity contribution in [2.75, 3.05) is 7.11 Å². The smallest absolute Gasteiger partial charge is 0.301 e. The standard InChI is InChI=1S/C28H19N5O4S/c1-15-24(27(36)33(32-15)28-29-22(14-38-28)16-10-12-17(37-2)13-11-16)31-30-21-9-5-8-20-23(21)26(35)19-7-4-3-6-18(19)25(20)34/h3-14,32H,1-2H3. The normalized spacial score (nSPS) is 12.6. The van der Waals surface area contributed by atoms with E-state index in [-0.39, 0.29) is 34.1 Å². The van der Waals surface area contributed by atoms with Crippen molar-refractivity contribution >= 4 is 34.3 Å². The molecule has 38 heavy (non-hydrogen) atoms. The molecule has 1 aliphatic carbocycles. The number of aryl methyl sites for hydroxylation is 1. The van der Waals surface area contributed by atoms with Crippen molar-refractivity contribution in [1.29, 1.82) is 0 Å². The van der Waals surface area contributed by atoms with Gasteiger partial charge in [-0.25, -0.2) is 4.98 Å². The van der Waals surface area contributed by atoms with Crippen molar-refractivity contribution in [3.05, 3.63) is 110 Å². The molecular formula is C28H19N5O4S. The number of methoxy groups -OCH3 is 1. The largest absolute Gasteiger partial charge is 0.497 e. The number of hydrogen-bond donors (Lipinski definition) is 1. The molecule has 9 nitrogen and oxygen atoms in total. The number of H-pyrrole nitrogens is 1. The highest BCUT2D eigenvalue weighted by Crippen LogP contribution is 2.34. The van der Waals surface area contributed by atoms with E-state index in [1.807, 2.05) is 29.6 Å². The van der Waals surface area contributed by atoms with Crippen LogP contribution in [-0.4, -0.2) is 33.4 Å². The van der Waals surface area contributed by atoms with Gasteiger partial charge in [0.1, 0.15) is 5.75 Å². The zero-order valence-electron chi connectivity index (χ0n) is 20.3. The zero-order valence-corrected chi connectivity index (χ0v) is 21.1. The number of carbonyl (C=O) groups excluding carboxylic acids is 2. The number of ketones is 2. The number of rotatable bonds is 5. The number of hydrogen-bond acceptors (Lipinski definition) is 8. The molecule has 0 bridgehead atoms. The summed E-state index contributed by atoms with van der Waals surface area (Å²) in [6, 6.07) is 19.0. The molecular weight excluding hydrogens is 502 g/mol. The van der Waals surface area contributed by atoms with Crippen LogP contribution in [0.5, 0.6) is 5.75 Å². The van der Waals surface area contributed by atoms with Crippen molar-refractivity contribution < 1.29 is 14.3 Å². The Hall–Kier alpha value is -4.96. The first-order valence-corrected chi connectivity index (χ1v) is 12.5. The summed E-state index contributed by atoms with van der Waals surface area (Å²) in [5.41, 5.74) is 3.09. The number of nitrogens with one attached hydrogen (secondary N) is 1. The summed E-state index contributed by atoms with van der Waals surface area (Å²) in [6.45, 7) is 1.70. The van der Waals surface area contributed by atoms with Crippen LogP contribution in [-0.2, 0) is 0 Å². The second kappa shape index (κ2) is 9.16. The van der Waals surface area contributed by atoms with Gasteiger partial charge in [0.25, 0.3) is 0 Å². The van der Waals surface area contributed by atoms with Gasteiger partial charge in [-0.2, -0.15) is 4.68 Å². The number of nitrogens with zero attached hydrogens (tertiary/aromatic N) is 4. The molecule has 1 aliphatic rings. The Morgan fingerprint density at radius 3 is 2.32 bits per heavy atom. The van der Waals surface area contributed by atoms with Crippen molar-refractivity contribution in [3.63, 3.8) is 0 Å². The predicted octanol–water partition coefficient (Wildman–Crippen LogP) is 5.80. The lowest BCUT2D eigenvalue weighted by Crippen LogP contribution is -2.20. The minimum atomic E-state index is -0.431. The summed E-state index contributed by atoms with van der Waals surface area (Å²) in [4.78, 5) is 44.0. The number of azo groups is 1. The molecule has 0 radical (unpaired) electrons. The molecule has 1 N–H and O–H groups in total. The first-order valence-electron chi connectivity index (χ1n) is 11.6. The fourth-order valence-corrected chi connectivity index (χ4v) is 5.16. The maximum absolute atomic E-state index is 13.2. The molecule has 0 spiro atoms. The van der Waals surface area contributed by atoms with Crippen LogP contribution < -0.4 is 10.3 Å². The highest BCUT2D eigenvalue weighted by Gasteiger charge is 2.31. The highest BCUT2D eigenvalue weighted by molar-refractivity contribution is 7.12. The lowest BCUT2D eigenvalue weighted by Gasteiger charge is -2.18. The Labute approximate surface area is 220 Å². The zero-order chi connectivity index (χ0) is 26.4. The molecule has 0 aliphatic heterocycles. The molecule has 0 amide bonds. The maximum Gasteiger partial charge on any atom is 0.301 e. The first kappa shape index (κ1) is 23.4. The Balaban J connectivity index is 1.34. The Morgan fingerprint density at radius 2 is 1.58 bits per heavy atom. The molecule has 6 rings (SSSR count). The third-order valence-corrected chi connectivity index (χ3v) is 7.12. The fourth-order valence-electron chi connectivity index (χ4n) is 4.37. The summed E-state index contributed by atoms with van der Waals surface area (Å²) >= 11 is 1.31. The number of fused-ring (bicyclic) bond motifs is 2. The SMILES string of the molecule is COc1ccc(-c2csc(-n3[nH]c(C)c(N=Nc4cccc5c4C(=O)c4ccccc4C5=O)c3=O)n2)cc1. The number of benzene rings is 3. The predicted molar refractivity (Wildman–Crippen MR) is 143 cm³/mol. The van der Waals surface area contributed by atoms with Gasteiger partial charge < -0.3 is 4.74 Å². The molecule has 0 saturated carbocycles. The van der Waals surface area contributed by atoms with Gasteiger partial charge in [0, 0.05) is 27.6 Å². The second-order valence-corrected chi connectivity index (χ2v) is 9.41. The Bertz CT molecular complexity index is 1830. The van der Waals surface area contributed by atoms with Crippen molar-refractivity contribution in [2.24, 2.45) is 10.2 Å². The van der Waals surface area contributed by atoms with Gasteiger partial charge in [0.2, 0.25) is 5.13 Å². The quantitative estimate of drug-likeness (QED) is 0.288. The van der Waals surface area contributed by atoms with Gasteiger partial charge in [-0.3, -0.25) is 19.5 Å². The molecule has 0 saturated heterocycles. The summed E-state index contributed by atoms with van der Waals surface area (Å²) in [7, 11) is 1.60. The van der Waals surface area contributed by atoms with Crippen LogP contribution >= 0.6 is 11.3 Å². The van der Waals surface area contributed by atoms with E-state index in [1.54, 1.807) is 56.5 Å².